The van der Waals surface area contributed by atoms with E-state index in [4.69, 9.17) is 16.0 Å². The summed E-state index contributed by atoms with van der Waals surface area (Å²) >= 11 is 7.30. The van der Waals surface area contributed by atoms with Crippen LogP contribution >= 0.6 is 23.4 Å². The monoisotopic (exact) mass is 328 g/mol. The lowest BCUT2D eigenvalue weighted by atomic mass is 10.0. The van der Waals surface area contributed by atoms with Crippen LogP contribution in [0.5, 0.6) is 0 Å². The zero-order valence-electron chi connectivity index (χ0n) is 11.6. The highest BCUT2D eigenvalue weighted by molar-refractivity contribution is 8.01. The van der Waals surface area contributed by atoms with Crippen LogP contribution in [0.15, 0.2) is 22.8 Å². The Bertz CT molecular complexity index is 526. The Kier molecular flexibility index (Phi) is 4.17. The Morgan fingerprint density at radius 1 is 1.43 bits per heavy atom. The molecule has 0 N–H and O–H groups in total. The molecule has 114 valence electrons. The number of piperidine rings is 1. The van der Waals surface area contributed by atoms with Crippen LogP contribution in [-0.4, -0.2) is 51.2 Å². The summed E-state index contributed by atoms with van der Waals surface area (Å²) in [5, 5.41) is 0. The second kappa shape index (κ2) is 5.93. The van der Waals surface area contributed by atoms with Crippen molar-refractivity contribution in [2.75, 3.05) is 24.7 Å². The standard InChI is InChI=1S/C14H17ClN2O3S/c15-8-12(18)16-5-3-14(4-6-16)17(13(19)10-21-14)9-11-2-1-7-20-11/h1-2,7H,3-6,8-10H2. The van der Waals surface area contributed by atoms with Crippen molar-refractivity contribution >= 4 is 35.2 Å². The molecule has 1 spiro atoms. The lowest BCUT2D eigenvalue weighted by Crippen LogP contribution is -2.52. The van der Waals surface area contributed by atoms with Gasteiger partial charge in [0, 0.05) is 13.1 Å². The SMILES string of the molecule is O=C(CCl)N1CCC2(CC1)SCC(=O)N2Cc1ccco1. The van der Waals surface area contributed by atoms with E-state index in [1.165, 1.54) is 0 Å². The maximum Gasteiger partial charge on any atom is 0.237 e. The van der Waals surface area contributed by atoms with E-state index in [-0.39, 0.29) is 22.6 Å². The number of rotatable bonds is 3. The van der Waals surface area contributed by atoms with Gasteiger partial charge in [-0.05, 0) is 25.0 Å². The summed E-state index contributed by atoms with van der Waals surface area (Å²) in [7, 11) is 0. The molecule has 0 saturated carbocycles. The van der Waals surface area contributed by atoms with Crippen LogP contribution in [0.25, 0.3) is 0 Å². The molecule has 21 heavy (non-hydrogen) atoms. The summed E-state index contributed by atoms with van der Waals surface area (Å²) < 4.78 is 5.37. The van der Waals surface area contributed by atoms with Gasteiger partial charge in [-0.2, -0.15) is 0 Å². The van der Waals surface area contributed by atoms with E-state index < -0.39 is 0 Å². The number of carbonyl (C=O) groups excluding carboxylic acids is 2. The highest BCUT2D eigenvalue weighted by Crippen LogP contribution is 2.45. The molecule has 2 aliphatic rings. The van der Waals surface area contributed by atoms with Gasteiger partial charge in [-0.1, -0.05) is 0 Å². The molecule has 2 aliphatic heterocycles. The number of hydrogen-bond acceptors (Lipinski definition) is 4. The maximum atomic E-state index is 12.2. The predicted molar refractivity (Wildman–Crippen MR) is 81.0 cm³/mol. The summed E-state index contributed by atoms with van der Waals surface area (Å²) in [6.07, 6.45) is 3.19. The average Bonchev–Trinajstić information content (AvgIpc) is 3.12. The van der Waals surface area contributed by atoms with Crippen molar-refractivity contribution in [3.63, 3.8) is 0 Å². The molecule has 7 heteroatoms. The average molecular weight is 329 g/mol. The molecule has 2 amide bonds. The molecule has 0 aliphatic carbocycles. The summed E-state index contributed by atoms with van der Waals surface area (Å²) in [6.45, 7) is 1.81. The van der Waals surface area contributed by atoms with Gasteiger partial charge in [-0.3, -0.25) is 9.59 Å². The molecule has 5 nitrogen and oxygen atoms in total. The number of hydrogen-bond donors (Lipinski definition) is 0. The summed E-state index contributed by atoms with van der Waals surface area (Å²) in [6, 6.07) is 3.72. The molecule has 0 atom stereocenters. The van der Waals surface area contributed by atoms with Gasteiger partial charge in [-0.15, -0.1) is 23.4 Å². The molecule has 3 rings (SSSR count). The molecule has 1 aromatic heterocycles. The van der Waals surface area contributed by atoms with Crippen LogP contribution in [0.4, 0.5) is 0 Å². The number of furan rings is 1. The van der Waals surface area contributed by atoms with Crippen LogP contribution < -0.4 is 0 Å². The Balaban J connectivity index is 1.71. The van der Waals surface area contributed by atoms with Crippen LogP contribution in [0, 0.1) is 0 Å². The lowest BCUT2D eigenvalue weighted by molar-refractivity contribution is -0.134. The molecule has 2 saturated heterocycles. The minimum atomic E-state index is -0.201. The first kappa shape index (κ1) is 14.8. The van der Waals surface area contributed by atoms with Crippen molar-refractivity contribution in [1.29, 1.82) is 0 Å². The van der Waals surface area contributed by atoms with Crippen molar-refractivity contribution in [3.05, 3.63) is 24.2 Å². The first-order valence-corrected chi connectivity index (χ1v) is 8.47. The minimum Gasteiger partial charge on any atom is -0.467 e. The normalized spacial score (nSPS) is 21.3. The summed E-state index contributed by atoms with van der Waals surface area (Å²) in [4.78, 5) is 27.4. The van der Waals surface area contributed by atoms with E-state index in [0.717, 1.165) is 18.6 Å². The summed E-state index contributed by atoms with van der Waals surface area (Å²) in [5.74, 6) is 1.44. The van der Waals surface area contributed by atoms with E-state index in [2.05, 4.69) is 0 Å². The number of thioether (sulfide) groups is 1. The third-order valence-electron chi connectivity index (χ3n) is 4.16. The van der Waals surface area contributed by atoms with Gasteiger partial charge in [0.05, 0.1) is 23.4 Å². The number of amides is 2. The van der Waals surface area contributed by atoms with E-state index in [1.807, 2.05) is 17.0 Å². The lowest BCUT2D eigenvalue weighted by Gasteiger charge is -2.43. The zero-order valence-corrected chi connectivity index (χ0v) is 13.2. The fraction of sp³-hybridized carbons (Fsp3) is 0.571. The molecule has 0 radical (unpaired) electrons. The van der Waals surface area contributed by atoms with E-state index in [9.17, 15) is 9.59 Å². The Morgan fingerprint density at radius 3 is 2.81 bits per heavy atom. The van der Waals surface area contributed by atoms with Gasteiger partial charge in [0.1, 0.15) is 11.6 Å². The molecular weight excluding hydrogens is 312 g/mol. The number of alkyl halides is 1. The van der Waals surface area contributed by atoms with E-state index in [1.54, 1.807) is 22.9 Å². The molecular formula is C14H17ClN2O3S. The van der Waals surface area contributed by atoms with Crippen molar-refractivity contribution in [1.82, 2.24) is 9.80 Å². The second-order valence-electron chi connectivity index (χ2n) is 5.31. The third kappa shape index (κ3) is 2.79. The van der Waals surface area contributed by atoms with Gasteiger partial charge in [0.2, 0.25) is 11.8 Å². The third-order valence-corrected chi connectivity index (χ3v) is 5.95. The fourth-order valence-electron chi connectivity index (χ4n) is 2.97. The van der Waals surface area contributed by atoms with Gasteiger partial charge in [0.15, 0.2) is 0 Å². The topological polar surface area (TPSA) is 53.8 Å². The Morgan fingerprint density at radius 2 is 2.19 bits per heavy atom. The second-order valence-corrected chi connectivity index (χ2v) is 6.91. The molecule has 3 heterocycles. The van der Waals surface area contributed by atoms with Gasteiger partial charge in [0.25, 0.3) is 0 Å². The molecule has 1 aromatic rings. The van der Waals surface area contributed by atoms with Gasteiger partial charge in [-0.25, -0.2) is 0 Å². The van der Waals surface area contributed by atoms with Crippen LogP contribution in [0.1, 0.15) is 18.6 Å². The maximum absolute atomic E-state index is 12.2. The van der Waals surface area contributed by atoms with Crippen molar-refractivity contribution in [2.24, 2.45) is 0 Å². The van der Waals surface area contributed by atoms with Crippen molar-refractivity contribution < 1.29 is 14.0 Å². The highest BCUT2D eigenvalue weighted by atomic mass is 35.5. The van der Waals surface area contributed by atoms with Crippen LogP contribution in [-0.2, 0) is 16.1 Å². The highest BCUT2D eigenvalue weighted by Gasteiger charge is 2.48. The van der Waals surface area contributed by atoms with E-state index in [0.29, 0.717) is 25.4 Å². The molecule has 0 bridgehead atoms. The number of nitrogens with zero attached hydrogens (tertiary/aromatic N) is 2. The van der Waals surface area contributed by atoms with Gasteiger partial charge >= 0.3 is 0 Å². The minimum absolute atomic E-state index is 0.0230. The quantitative estimate of drug-likeness (QED) is 0.795. The molecule has 2 fully saturated rings. The zero-order chi connectivity index (χ0) is 14.9. The summed E-state index contributed by atoms with van der Waals surface area (Å²) in [5.41, 5.74) is 0. The first-order valence-electron chi connectivity index (χ1n) is 6.95. The van der Waals surface area contributed by atoms with Crippen molar-refractivity contribution in [2.45, 2.75) is 24.3 Å². The Labute approximate surface area is 132 Å². The predicted octanol–water partition coefficient (Wildman–Crippen LogP) is 1.91. The number of likely N-dealkylation sites (tertiary alicyclic amines) is 1. The number of carbonyl (C=O) groups is 2. The van der Waals surface area contributed by atoms with Gasteiger partial charge < -0.3 is 14.2 Å². The van der Waals surface area contributed by atoms with E-state index >= 15 is 0 Å². The molecule has 0 aromatic carbocycles. The largest absolute Gasteiger partial charge is 0.467 e. The number of halogens is 1. The first-order chi connectivity index (χ1) is 10.1. The molecule has 0 unspecified atom stereocenters. The smallest absolute Gasteiger partial charge is 0.237 e. The fourth-order valence-corrected chi connectivity index (χ4v) is 4.48. The Hall–Kier alpha value is -1.14. The van der Waals surface area contributed by atoms with Crippen molar-refractivity contribution in [3.8, 4) is 0 Å². The van der Waals surface area contributed by atoms with Crippen LogP contribution in [0.2, 0.25) is 0 Å². The van der Waals surface area contributed by atoms with Crippen LogP contribution in [0.3, 0.4) is 0 Å².